The van der Waals surface area contributed by atoms with Gasteiger partial charge in [-0.15, -0.1) is 0 Å². The maximum atomic E-state index is 9.58. The molecule has 0 aliphatic rings. The summed E-state index contributed by atoms with van der Waals surface area (Å²) in [5.41, 5.74) is 13.9. The summed E-state index contributed by atoms with van der Waals surface area (Å²) in [7, 11) is 0. The van der Waals surface area contributed by atoms with E-state index in [2.05, 4.69) is 9.97 Å². The molecule has 2 atom stereocenters. The highest BCUT2D eigenvalue weighted by Crippen LogP contribution is 2.19. The van der Waals surface area contributed by atoms with E-state index in [4.69, 9.17) is 11.5 Å². The van der Waals surface area contributed by atoms with Crippen LogP contribution in [0.25, 0.3) is 11.0 Å². The van der Waals surface area contributed by atoms with E-state index in [1.165, 1.54) is 0 Å². The van der Waals surface area contributed by atoms with Gasteiger partial charge in [-0.05, 0) is 24.6 Å². The van der Waals surface area contributed by atoms with Gasteiger partial charge in [0.05, 0.1) is 23.2 Å². The third-order valence-corrected chi connectivity index (χ3v) is 2.67. The van der Waals surface area contributed by atoms with Gasteiger partial charge in [0.1, 0.15) is 5.82 Å². The number of hydrogen-bond acceptors (Lipinski definition) is 4. The molecular weight excluding hydrogens is 204 g/mol. The summed E-state index contributed by atoms with van der Waals surface area (Å²) in [6.45, 7) is 2.05. The minimum Gasteiger partial charge on any atom is -0.390 e. The van der Waals surface area contributed by atoms with Gasteiger partial charge in [-0.25, -0.2) is 4.98 Å². The molecule has 0 amide bonds. The van der Waals surface area contributed by atoms with Crippen molar-refractivity contribution >= 4 is 11.0 Å². The lowest BCUT2D eigenvalue weighted by atomic mass is 10.0. The number of nitrogens with zero attached hydrogens (tertiary/aromatic N) is 1. The van der Waals surface area contributed by atoms with Crippen LogP contribution >= 0.6 is 0 Å². The maximum absolute atomic E-state index is 9.58. The van der Waals surface area contributed by atoms with E-state index in [1.807, 2.05) is 25.1 Å². The minimum atomic E-state index is -0.721. The van der Waals surface area contributed by atoms with Crippen LogP contribution in [0.5, 0.6) is 0 Å². The van der Waals surface area contributed by atoms with Crippen molar-refractivity contribution in [1.29, 1.82) is 0 Å². The lowest BCUT2D eigenvalue weighted by molar-refractivity contribution is 0.153. The first-order valence-electron chi connectivity index (χ1n) is 5.22. The Balaban J connectivity index is 2.38. The molecule has 16 heavy (non-hydrogen) atoms. The van der Waals surface area contributed by atoms with Crippen LogP contribution in [0.4, 0.5) is 0 Å². The van der Waals surface area contributed by atoms with Crippen molar-refractivity contribution in [3.8, 4) is 0 Å². The van der Waals surface area contributed by atoms with Gasteiger partial charge in [0.15, 0.2) is 0 Å². The van der Waals surface area contributed by atoms with E-state index in [0.29, 0.717) is 0 Å². The monoisotopic (exact) mass is 220 g/mol. The fraction of sp³-hybridized carbons (Fsp3) is 0.364. The molecule has 0 saturated heterocycles. The zero-order chi connectivity index (χ0) is 11.7. The van der Waals surface area contributed by atoms with Gasteiger partial charge >= 0.3 is 0 Å². The third kappa shape index (κ3) is 1.92. The summed E-state index contributed by atoms with van der Waals surface area (Å²) in [6.07, 6.45) is -0.721. The van der Waals surface area contributed by atoms with Crippen LogP contribution in [-0.2, 0) is 0 Å². The number of nitrogens with one attached hydrogen (secondary N) is 1. The van der Waals surface area contributed by atoms with E-state index in [-0.39, 0.29) is 6.54 Å². The average Bonchev–Trinajstić information content (AvgIpc) is 2.65. The van der Waals surface area contributed by atoms with E-state index < -0.39 is 12.1 Å². The van der Waals surface area contributed by atoms with E-state index in [0.717, 1.165) is 22.4 Å². The normalized spacial score (nSPS) is 15.2. The Labute approximate surface area is 93.5 Å². The number of aromatic nitrogens is 2. The van der Waals surface area contributed by atoms with Gasteiger partial charge in [0.2, 0.25) is 0 Å². The SMILES string of the molecule is Cc1nc2ccc(C(N)C(O)CN)cc2[nH]1. The summed E-state index contributed by atoms with van der Waals surface area (Å²) < 4.78 is 0. The number of imidazole rings is 1. The molecule has 0 bridgehead atoms. The van der Waals surface area contributed by atoms with E-state index in [1.54, 1.807) is 0 Å². The average molecular weight is 220 g/mol. The van der Waals surface area contributed by atoms with Crippen molar-refractivity contribution in [1.82, 2.24) is 9.97 Å². The molecule has 2 rings (SSSR count). The Morgan fingerprint density at radius 3 is 2.94 bits per heavy atom. The van der Waals surface area contributed by atoms with Crippen molar-refractivity contribution in [3.63, 3.8) is 0 Å². The molecule has 0 aliphatic heterocycles. The van der Waals surface area contributed by atoms with Crippen molar-refractivity contribution in [2.24, 2.45) is 11.5 Å². The number of fused-ring (bicyclic) bond motifs is 1. The second-order valence-electron chi connectivity index (χ2n) is 3.93. The number of aromatic amines is 1. The van der Waals surface area contributed by atoms with Crippen molar-refractivity contribution in [3.05, 3.63) is 29.6 Å². The quantitative estimate of drug-likeness (QED) is 0.593. The molecule has 0 aliphatic carbocycles. The number of nitrogens with two attached hydrogens (primary N) is 2. The Hall–Kier alpha value is -1.43. The Morgan fingerprint density at radius 2 is 2.25 bits per heavy atom. The molecule has 5 nitrogen and oxygen atoms in total. The van der Waals surface area contributed by atoms with Gasteiger partial charge in [-0.2, -0.15) is 0 Å². The zero-order valence-electron chi connectivity index (χ0n) is 9.14. The second-order valence-corrected chi connectivity index (χ2v) is 3.93. The summed E-state index contributed by atoms with van der Waals surface area (Å²) in [4.78, 5) is 7.43. The zero-order valence-corrected chi connectivity index (χ0v) is 9.14. The minimum absolute atomic E-state index is 0.154. The molecule has 1 aromatic carbocycles. The van der Waals surface area contributed by atoms with E-state index >= 15 is 0 Å². The molecule has 5 heteroatoms. The standard InChI is InChI=1S/C11H16N4O/c1-6-14-8-3-2-7(4-9(8)15-6)11(13)10(16)5-12/h2-4,10-11,16H,5,12-13H2,1H3,(H,14,15). The highest BCUT2D eigenvalue weighted by atomic mass is 16.3. The van der Waals surface area contributed by atoms with Crippen LogP contribution < -0.4 is 11.5 Å². The molecule has 2 aromatic rings. The number of H-pyrrole nitrogens is 1. The lowest BCUT2D eigenvalue weighted by Crippen LogP contribution is -2.32. The van der Waals surface area contributed by atoms with Gasteiger partial charge in [0.25, 0.3) is 0 Å². The molecule has 0 fully saturated rings. The molecule has 1 aromatic heterocycles. The molecule has 0 radical (unpaired) electrons. The van der Waals surface area contributed by atoms with Crippen LogP contribution in [0.3, 0.4) is 0 Å². The van der Waals surface area contributed by atoms with Crippen molar-refractivity contribution in [2.45, 2.75) is 19.1 Å². The van der Waals surface area contributed by atoms with Crippen LogP contribution in [0, 0.1) is 6.92 Å². The van der Waals surface area contributed by atoms with E-state index in [9.17, 15) is 5.11 Å². The molecule has 0 spiro atoms. The molecular formula is C11H16N4O. The third-order valence-electron chi connectivity index (χ3n) is 2.67. The Morgan fingerprint density at radius 1 is 1.50 bits per heavy atom. The van der Waals surface area contributed by atoms with Gasteiger partial charge in [-0.1, -0.05) is 6.07 Å². The molecule has 1 heterocycles. The maximum Gasteiger partial charge on any atom is 0.104 e. The first kappa shape index (κ1) is 11.1. The van der Waals surface area contributed by atoms with Crippen molar-refractivity contribution < 1.29 is 5.11 Å². The van der Waals surface area contributed by atoms with Crippen LogP contribution in [-0.4, -0.2) is 27.7 Å². The topological polar surface area (TPSA) is 101 Å². The lowest BCUT2D eigenvalue weighted by Gasteiger charge is -2.17. The fourth-order valence-corrected chi connectivity index (χ4v) is 1.73. The molecule has 6 N–H and O–H groups in total. The summed E-state index contributed by atoms with van der Waals surface area (Å²) in [5.74, 6) is 0.861. The number of rotatable bonds is 3. The highest BCUT2D eigenvalue weighted by molar-refractivity contribution is 5.76. The predicted molar refractivity (Wildman–Crippen MR) is 62.8 cm³/mol. The first-order valence-corrected chi connectivity index (χ1v) is 5.22. The fourth-order valence-electron chi connectivity index (χ4n) is 1.73. The van der Waals surface area contributed by atoms with Gasteiger partial charge in [-0.3, -0.25) is 0 Å². The number of hydrogen-bond donors (Lipinski definition) is 4. The predicted octanol–water partition coefficient (Wildman–Crippen LogP) is 0.191. The Bertz CT molecular complexity index is 494. The number of aliphatic hydroxyl groups is 1. The molecule has 0 saturated carbocycles. The summed E-state index contributed by atoms with van der Waals surface area (Å²) >= 11 is 0. The largest absolute Gasteiger partial charge is 0.390 e. The second kappa shape index (κ2) is 4.21. The number of aryl methyl sites for hydroxylation is 1. The van der Waals surface area contributed by atoms with Crippen LogP contribution in [0.15, 0.2) is 18.2 Å². The smallest absolute Gasteiger partial charge is 0.104 e. The summed E-state index contributed by atoms with van der Waals surface area (Å²) in [6, 6.07) is 5.19. The van der Waals surface area contributed by atoms with Gasteiger partial charge < -0.3 is 21.6 Å². The molecule has 86 valence electrons. The highest BCUT2D eigenvalue weighted by Gasteiger charge is 2.15. The Kier molecular flexibility index (Phi) is 2.91. The van der Waals surface area contributed by atoms with Gasteiger partial charge in [0, 0.05) is 6.54 Å². The van der Waals surface area contributed by atoms with Crippen molar-refractivity contribution in [2.75, 3.05) is 6.54 Å². The molecule has 2 unspecified atom stereocenters. The number of benzene rings is 1. The van der Waals surface area contributed by atoms with Crippen LogP contribution in [0.2, 0.25) is 0 Å². The van der Waals surface area contributed by atoms with Crippen LogP contribution in [0.1, 0.15) is 17.4 Å². The first-order chi connectivity index (χ1) is 7.61. The number of aliphatic hydroxyl groups excluding tert-OH is 1. The summed E-state index contributed by atoms with van der Waals surface area (Å²) in [5, 5.41) is 9.58.